The number of hydrogen-bond acceptors (Lipinski definition) is 7. The summed E-state index contributed by atoms with van der Waals surface area (Å²) in [5.41, 5.74) is -1.04. The molecule has 2 heterocycles. The third-order valence-corrected chi connectivity index (χ3v) is 5.24. The van der Waals surface area contributed by atoms with Crippen LogP contribution in [0.3, 0.4) is 0 Å². The number of furan rings is 1. The van der Waals surface area contributed by atoms with Crippen molar-refractivity contribution in [2.75, 3.05) is 5.01 Å². The number of nitro groups is 1. The maximum absolute atomic E-state index is 13.6. The summed E-state index contributed by atoms with van der Waals surface area (Å²) < 4.78 is 58.2. The van der Waals surface area contributed by atoms with Crippen LogP contribution < -0.4 is 5.01 Å². The summed E-state index contributed by atoms with van der Waals surface area (Å²) in [6.45, 7) is 0. The number of thiazole rings is 1. The summed E-state index contributed by atoms with van der Waals surface area (Å²) in [7, 11) is 0. The lowest BCUT2D eigenvalue weighted by Crippen LogP contribution is -2.26. The molecule has 33 heavy (non-hydrogen) atoms. The second-order valence-corrected chi connectivity index (χ2v) is 7.49. The predicted octanol–water partition coefficient (Wildman–Crippen LogP) is 5.64. The molecule has 0 bridgehead atoms. The van der Waals surface area contributed by atoms with Gasteiger partial charge >= 0.3 is 12.1 Å². The highest BCUT2D eigenvalue weighted by molar-refractivity contribution is 7.22. The SMILES string of the molecule is O=C(c1cccc(C(F)(F)F)c1)N(/N=C/c1ccc([N+](=O)[O-])o1)c1nc2ccc(F)cc2s1. The highest BCUT2D eigenvalue weighted by atomic mass is 32.1. The minimum atomic E-state index is -4.68. The summed E-state index contributed by atoms with van der Waals surface area (Å²) in [5.74, 6) is -2.16. The Balaban J connectivity index is 1.76. The number of carbonyl (C=O) groups excluding carboxylic acids is 1. The number of carbonyl (C=O) groups is 1. The number of halogens is 4. The molecule has 8 nitrogen and oxygen atoms in total. The van der Waals surface area contributed by atoms with Gasteiger partial charge in [0, 0.05) is 5.56 Å². The van der Waals surface area contributed by atoms with E-state index in [9.17, 15) is 32.5 Å². The number of fused-ring (bicyclic) bond motifs is 1. The average Bonchev–Trinajstić information content (AvgIpc) is 3.40. The second-order valence-electron chi connectivity index (χ2n) is 6.48. The second kappa shape index (κ2) is 8.43. The molecule has 0 fully saturated rings. The zero-order chi connectivity index (χ0) is 23.8. The van der Waals surface area contributed by atoms with Gasteiger partial charge in [-0.2, -0.15) is 23.3 Å². The summed E-state index contributed by atoms with van der Waals surface area (Å²) in [4.78, 5) is 27.3. The summed E-state index contributed by atoms with van der Waals surface area (Å²) in [6.07, 6.45) is -3.70. The largest absolute Gasteiger partial charge is 0.433 e. The van der Waals surface area contributed by atoms with E-state index in [2.05, 4.69) is 10.1 Å². The maximum atomic E-state index is 13.6. The molecule has 0 aliphatic rings. The van der Waals surface area contributed by atoms with Gasteiger partial charge in [-0.25, -0.2) is 9.37 Å². The average molecular weight is 478 g/mol. The topological polar surface area (TPSA) is 102 Å². The Labute approximate surface area is 185 Å². The number of hydrazone groups is 1. The van der Waals surface area contributed by atoms with Crippen molar-refractivity contribution >= 4 is 44.7 Å². The number of benzene rings is 2. The van der Waals surface area contributed by atoms with Gasteiger partial charge in [0.05, 0.1) is 28.1 Å². The molecule has 0 unspecified atom stereocenters. The van der Waals surface area contributed by atoms with Crippen molar-refractivity contribution in [1.29, 1.82) is 0 Å². The third-order valence-electron chi connectivity index (χ3n) is 4.24. The van der Waals surface area contributed by atoms with Crippen LogP contribution in [0, 0.1) is 15.9 Å². The summed E-state index contributed by atoms with van der Waals surface area (Å²) in [5, 5.41) is 15.4. The van der Waals surface area contributed by atoms with Crippen LogP contribution in [0.5, 0.6) is 0 Å². The number of hydrogen-bond donors (Lipinski definition) is 0. The van der Waals surface area contributed by atoms with E-state index in [-0.39, 0.29) is 16.5 Å². The van der Waals surface area contributed by atoms with Gasteiger partial charge in [-0.3, -0.25) is 14.9 Å². The zero-order valence-corrected chi connectivity index (χ0v) is 16.9. The lowest BCUT2D eigenvalue weighted by atomic mass is 10.1. The molecule has 0 aliphatic carbocycles. The van der Waals surface area contributed by atoms with Crippen LogP contribution in [0.2, 0.25) is 0 Å². The van der Waals surface area contributed by atoms with Gasteiger partial charge < -0.3 is 4.42 Å². The van der Waals surface area contributed by atoms with E-state index >= 15 is 0 Å². The number of amides is 1. The number of alkyl halides is 3. The van der Waals surface area contributed by atoms with Gasteiger partial charge in [0.25, 0.3) is 5.91 Å². The third kappa shape index (κ3) is 4.72. The fourth-order valence-corrected chi connectivity index (χ4v) is 3.69. The highest BCUT2D eigenvalue weighted by Crippen LogP contribution is 2.33. The number of rotatable bonds is 5. The Morgan fingerprint density at radius 3 is 2.67 bits per heavy atom. The van der Waals surface area contributed by atoms with E-state index < -0.39 is 34.3 Å². The number of nitrogens with zero attached hydrogens (tertiary/aromatic N) is 4. The van der Waals surface area contributed by atoms with Crippen LogP contribution in [-0.4, -0.2) is 22.0 Å². The lowest BCUT2D eigenvalue weighted by Gasteiger charge is -2.14. The van der Waals surface area contributed by atoms with Gasteiger partial charge in [0.1, 0.15) is 10.7 Å². The van der Waals surface area contributed by atoms with E-state index in [0.29, 0.717) is 21.3 Å². The first kappa shape index (κ1) is 22.1. The molecule has 0 aliphatic heterocycles. The molecule has 0 spiro atoms. The van der Waals surface area contributed by atoms with Crippen molar-refractivity contribution in [2.24, 2.45) is 5.10 Å². The van der Waals surface area contributed by atoms with E-state index in [1.807, 2.05) is 0 Å². The van der Waals surface area contributed by atoms with Gasteiger partial charge in [-0.15, -0.1) is 0 Å². The van der Waals surface area contributed by atoms with Gasteiger partial charge in [-0.05, 0) is 42.5 Å². The molecule has 0 saturated carbocycles. The van der Waals surface area contributed by atoms with Crippen molar-refractivity contribution in [3.63, 3.8) is 0 Å². The fourth-order valence-electron chi connectivity index (χ4n) is 2.74. The Morgan fingerprint density at radius 1 is 1.18 bits per heavy atom. The van der Waals surface area contributed by atoms with Gasteiger partial charge in [0.2, 0.25) is 5.13 Å². The minimum Gasteiger partial charge on any atom is -0.400 e. The van der Waals surface area contributed by atoms with Gasteiger partial charge in [-0.1, -0.05) is 17.4 Å². The Hall–Kier alpha value is -4.13. The Morgan fingerprint density at radius 2 is 1.97 bits per heavy atom. The van der Waals surface area contributed by atoms with Crippen LogP contribution >= 0.6 is 11.3 Å². The fraction of sp³-hybridized carbons (Fsp3) is 0.0500. The molecule has 168 valence electrons. The first-order chi connectivity index (χ1) is 15.6. The molecular weight excluding hydrogens is 468 g/mol. The predicted molar refractivity (Wildman–Crippen MR) is 111 cm³/mol. The van der Waals surface area contributed by atoms with E-state index in [4.69, 9.17) is 4.42 Å². The molecule has 4 rings (SSSR count). The first-order valence-corrected chi connectivity index (χ1v) is 9.79. The van der Waals surface area contributed by atoms with Crippen LogP contribution in [0.15, 0.2) is 64.1 Å². The van der Waals surface area contributed by atoms with E-state index in [0.717, 1.165) is 41.8 Å². The maximum Gasteiger partial charge on any atom is 0.433 e. The van der Waals surface area contributed by atoms with E-state index in [1.54, 1.807) is 0 Å². The molecule has 4 aromatic rings. The molecule has 1 amide bonds. The molecule has 2 aromatic carbocycles. The molecule has 13 heteroatoms. The standard InChI is InChI=1S/C20H10F4N4O4S/c21-13-4-6-15-16(9-13)33-19(26-15)27(25-10-14-5-7-17(32-14)28(30)31)18(29)11-2-1-3-12(8-11)20(22,23)24/h1-10H/b25-10+. The molecule has 0 radical (unpaired) electrons. The van der Waals surface area contributed by atoms with Crippen molar-refractivity contribution in [1.82, 2.24) is 4.98 Å². The lowest BCUT2D eigenvalue weighted by molar-refractivity contribution is -0.402. The van der Waals surface area contributed by atoms with Crippen molar-refractivity contribution < 1.29 is 31.7 Å². The number of aromatic nitrogens is 1. The van der Waals surface area contributed by atoms with E-state index in [1.165, 1.54) is 24.3 Å². The van der Waals surface area contributed by atoms with Gasteiger partial charge in [0.15, 0.2) is 5.76 Å². The van der Waals surface area contributed by atoms with Crippen LogP contribution in [0.4, 0.5) is 28.6 Å². The summed E-state index contributed by atoms with van der Waals surface area (Å²) in [6, 6.07) is 9.73. The normalized spacial score (nSPS) is 11.9. The van der Waals surface area contributed by atoms with Crippen molar-refractivity contribution in [2.45, 2.75) is 6.18 Å². The highest BCUT2D eigenvalue weighted by Gasteiger charge is 2.32. The van der Waals surface area contributed by atoms with Crippen LogP contribution in [-0.2, 0) is 6.18 Å². The molecule has 2 aromatic heterocycles. The summed E-state index contributed by atoms with van der Waals surface area (Å²) >= 11 is 0.877. The molecular formula is C20H10F4N4O4S. The molecule has 0 atom stereocenters. The molecule has 0 N–H and O–H groups in total. The smallest absolute Gasteiger partial charge is 0.400 e. The first-order valence-electron chi connectivity index (χ1n) is 8.98. The van der Waals surface area contributed by atoms with Crippen molar-refractivity contribution in [3.8, 4) is 0 Å². The zero-order valence-electron chi connectivity index (χ0n) is 16.1. The van der Waals surface area contributed by atoms with Crippen molar-refractivity contribution in [3.05, 3.63) is 87.4 Å². The monoisotopic (exact) mass is 478 g/mol. The van der Waals surface area contributed by atoms with Crippen LogP contribution in [0.1, 0.15) is 21.7 Å². The van der Waals surface area contributed by atoms with Crippen LogP contribution in [0.25, 0.3) is 10.2 Å². The number of anilines is 1. The quantitative estimate of drug-likeness (QED) is 0.160. The Bertz CT molecular complexity index is 1400. The minimum absolute atomic E-state index is 0.0599. The Kier molecular flexibility index (Phi) is 5.64. The molecule has 0 saturated heterocycles.